The largest absolute Gasteiger partial charge is 0.481 e. The predicted molar refractivity (Wildman–Crippen MR) is 42.2 cm³/mol. The van der Waals surface area contributed by atoms with Crippen LogP contribution in [0.5, 0.6) is 0 Å². The highest BCUT2D eigenvalue weighted by Gasteiger charge is 1.94. The standard InChI is InChI=1S/C6H13N3O2/c7-6(8)9-4-2-1-3-5(10)11/h1-4H2,(H,10,11)(H4,7,8,9)/i2D. The zero-order valence-electron chi connectivity index (χ0n) is 7.16. The van der Waals surface area contributed by atoms with Crippen molar-refractivity contribution in [2.75, 3.05) is 6.54 Å². The number of nitrogens with zero attached hydrogens (tertiary/aromatic N) is 1. The molecule has 5 heteroatoms. The lowest BCUT2D eigenvalue weighted by molar-refractivity contribution is -0.137. The summed E-state index contributed by atoms with van der Waals surface area (Å²) in [6, 6.07) is 0. The molecule has 0 aliphatic heterocycles. The molecule has 0 aromatic carbocycles. The fourth-order valence-corrected chi connectivity index (χ4v) is 0.487. The lowest BCUT2D eigenvalue weighted by atomic mass is 10.2. The Labute approximate surface area is 66.5 Å². The molecule has 1 atom stereocenters. The van der Waals surface area contributed by atoms with Crippen LogP contribution in [0.15, 0.2) is 4.99 Å². The highest BCUT2D eigenvalue weighted by atomic mass is 16.4. The van der Waals surface area contributed by atoms with Crippen LogP contribution in [0.25, 0.3) is 0 Å². The minimum Gasteiger partial charge on any atom is -0.481 e. The number of rotatable bonds is 5. The number of nitrogens with two attached hydrogens (primary N) is 2. The second kappa shape index (κ2) is 5.52. The van der Waals surface area contributed by atoms with E-state index in [9.17, 15) is 4.79 Å². The van der Waals surface area contributed by atoms with E-state index in [1.165, 1.54) is 0 Å². The molecule has 0 radical (unpaired) electrons. The van der Waals surface area contributed by atoms with Gasteiger partial charge in [0.2, 0.25) is 0 Å². The van der Waals surface area contributed by atoms with E-state index in [0.29, 0.717) is 0 Å². The van der Waals surface area contributed by atoms with Gasteiger partial charge < -0.3 is 16.6 Å². The molecule has 0 aliphatic rings. The number of hydrogen-bond acceptors (Lipinski definition) is 2. The van der Waals surface area contributed by atoms with Gasteiger partial charge in [0.1, 0.15) is 0 Å². The topological polar surface area (TPSA) is 102 Å². The molecule has 5 nitrogen and oxygen atoms in total. The number of aliphatic imine (C=N–C) groups is 1. The van der Waals surface area contributed by atoms with Gasteiger partial charge in [-0.3, -0.25) is 9.79 Å². The summed E-state index contributed by atoms with van der Waals surface area (Å²) in [6.45, 7) is 0.162. The number of hydrogen-bond donors (Lipinski definition) is 3. The van der Waals surface area contributed by atoms with Crippen molar-refractivity contribution in [3.8, 4) is 0 Å². The number of guanidine groups is 1. The fourth-order valence-electron chi connectivity index (χ4n) is 0.487. The van der Waals surface area contributed by atoms with E-state index in [1.807, 2.05) is 0 Å². The van der Waals surface area contributed by atoms with Crippen LogP contribution >= 0.6 is 0 Å². The molecule has 0 saturated carbocycles. The molecule has 0 saturated heterocycles. The molecular formula is C6H13N3O2. The first-order valence-corrected chi connectivity index (χ1v) is 3.21. The van der Waals surface area contributed by atoms with Crippen molar-refractivity contribution in [2.45, 2.75) is 19.2 Å². The number of aliphatic carboxylic acids is 1. The van der Waals surface area contributed by atoms with Crippen LogP contribution in [0.3, 0.4) is 0 Å². The first-order valence-electron chi connectivity index (χ1n) is 3.79. The molecular weight excluding hydrogens is 146 g/mol. The van der Waals surface area contributed by atoms with Gasteiger partial charge in [-0.05, 0) is 12.8 Å². The fraction of sp³-hybridized carbons (Fsp3) is 0.667. The molecule has 0 aromatic heterocycles. The molecule has 5 N–H and O–H groups in total. The van der Waals surface area contributed by atoms with Crippen LogP contribution in [0.2, 0.25) is 0 Å². The third kappa shape index (κ3) is 8.74. The summed E-state index contributed by atoms with van der Waals surface area (Å²) in [7, 11) is 0. The SMILES string of the molecule is [2H]C(CCC(=O)O)CN=C(N)N. The smallest absolute Gasteiger partial charge is 0.303 e. The Balaban J connectivity index is 3.53. The summed E-state index contributed by atoms with van der Waals surface area (Å²) < 4.78 is 7.28. The van der Waals surface area contributed by atoms with Crippen molar-refractivity contribution in [1.82, 2.24) is 0 Å². The second-order valence-corrected chi connectivity index (χ2v) is 1.99. The van der Waals surface area contributed by atoms with Crippen molar-refractivity contribution in [3.63, 3.8) is 0 Å². The number of carbonyl (C=O) groups is 1. The maximum Gasteiger partial charge on any atom is 0.303 e. The Morgan fingerprint density at radius 3 is 2.73 bits per heavy atom. The van der Waals surface area contributed by atoms with Gasteiger partial charge in [0.05, 0.1) is 0 Å². The number of carboxylic acids is 1. The van der Waals surface area contributed by atoms with Crippen molar-refractivity contribution in [3.05, 3.63) is 0 Å². The summed E-state index contributed by atoms with van der Waals surface area (Å²) in [6.07, 6.45) is -0.288. The van der Waals surface area contributed by atoms with E-state index < -0.39 is 12.4 Å². The van der Waals surface area contributed by atoms with Gasteiger partial charge in [-0.25, -0.2) is 0 Å². The van der Waals surface area contributed by atoms with Crippen LogP contribution in [-0.4, -0.2) is 23.6 Å². The first-order chi connectivity index (χ1) is 5.52. The summed E-state index contributed by atoms with van der Waals surface area (Å²) >= 11 is 0. The van der Waals surface area contributed by atoms with E-state index in [2.05, 4.69) is 4.99 Å². The Morgan fingerprint density at radius 2 is 2.27 bits per heavy atom. The molecule has 0 aromatic rings. The highest BCUT2D eigenvalue weighted by molar-refractivity contribution is 5.75. The summed E-state index contributed by atoms with van der Waals surface area (Å²) in [4.78, 5) is 13.7. The third-order valence-electron chi connectivity index (χ3n) is 0.965. The maximum atomic E-state index is 10.1. The number of carboxylic acid groups (broad SMARTS) is 1. The molecule has 11 heavy (non-hydrogen) atoms. The van der Waals surface area contributed by atoms with Crippen LogP contribution < -0.4 is 11.5 Å². The van der Waals surface area contributed by atoms with E-state index >= 15 is 0 Å². The van der Waals surface area contributed by atoms with Gasteiger partial charge in [0.15, 0.2) is 5.96 Å². The minimum absolute atomic E-state index is 0.0197. The molecule has 1 unspecified atom stereocenters. The quantitative estimate of drug-likeness (QED) is 0.373. The minimum atomic E-state index is -0.906. The van der Waals surface area contributed by atoms with E-state index in [-0.39, 0.29) is 25.3 Å². The average molecular weight is 160 g/mol. The van der Waals surface area contributed by atoms with Crippen molar-refractivity contribution < 1.29 is 11.3 Å². The summed E-state index contributed by atoms with van der Waals surface area (Å²) in [5, 5.41) is 8.27. The van der Waals surface area contributed by atoms with Gasteiger partial charge in [-0.15, -0.1) is 0 Å². The van der Waals surface area contributed by atoms with E-state index in [4.69, 9.17) is 17.9 Å². The van der Waals surface area contributed by atoms with Crippen LogP contribution in [0.4, 0.5) is 0 Å². The Kier molecular flexibility index (Phi) is 3.94. The van der Waals surface area contributed by atoms with Crippen LogP contribution in [-0.2, 0) is 4.79 Å². The Bertz CT molecular complexity index is 180. The maximum absolute atomic E-state index is 10.1. The molecule has 0 heterocycles. The second-order valence-electron chi connectivity index (χ2n) is 1.99. The lowest BCUT2D eigenvalue weighted by Gasteiger charge is -1.93. The normalized spacial score (nSPS) is 13.3. The monoisotopic (exact) mass is 160 g/mol. The molecule has 0 aliphatic carbocycles. The van der Waals surface area contributed by atoms with Crippen molar-refractivity contribution in [1.29, 1.82) is 0 Å². The Morgan fingerprint density at radius 1 is 1.64 bits per heavy atom. The van der Waals surface area contributed by atoms with Gasteiger partial charge in [-0.1, -0.05) is 0 Å². The Hall–Kier alpha value is -1.26. The average Bonchev–Trinajstić information content (AvgIpc) is 1.96. The summed E-state index contributed by atoms with van der Waals surface area (Å²) in [5.41, 5.74) is 10.0. The van der Waals surface area contributed by atoms with Crippen LogP contribution in [0.1, 0.15) is 20.6 Å². The van der Waals surface area contributed by atoms with E-state index in [0.717, 1.165) is 0 Å². The predicted octanol–water partition coefficient (Wildman–Crippen LogP) is -0.485. The zero-order valence-corrected chi connectivity index (χ0v) is 6.16. The van der Waals surface area contributed by atoms with Gasteiger partial charge in [0.25, 0.3) is 0 Å². The zero-order chi connectivity index (χ0) is 9.56. The highest BCUT2D eigenvalue weighted by Crippen LogP contribution is 1.94. The molecule has 64 valence electrons. The van der Waals surface area contributed by atoms with Crippen molar-refractivity contribution >= 4 is 11.9 Å². The molecule has 0 fully saturated rings. The van der Waals surface area contributed by atoms with Crippen LogP contribution in [0, 0.1) is 0 Å². The molecule has 0 rings (SSSR count). The third-order valence-corrected chi connectivity index (χ3v) is 0.965. The lowest BCUT2D eigenvalue weighted by Crippen LogP contribution is -2.22. The van der Waals surface area contributed by atoms with Gasteiger partial charge in [-0.2, -0.15) is 0 Å². The van der Waals surface area contributed by atoms with E-state index in [1.54, 1.807) is 0 Å². The molecule has 0 amide bonds. The summed E-state index contributed by atoms with van der Waals surface area (Å²) in [5.74, 6) is -0.973. The van der Waals surface area contributed by atoms with Crippen molar-refractivity contribution in [2.24, 2.45) is 16.5 Å². The van der Waals surface area contributed by atoms with Gasteiger partial charge >= 0.3 is 5.97 Å². The first kappa shape index (κ1) is 7.84. The molecule has 0 bridgehead atoms. The molecule has 0 spiro atoms. The van der Waals surface area contributed by atoms with Gasteiger partial charge in [0, 0.05) is 14.3 Å².